The lowest BCUT2D eigenvalue weighted by Gasteiger charge is -2.31. The number of hydrogen-bond donors (Lipinski definition) is 2. The minimum absolute atomic E-state index is 0.0677. The molecule has 0 saturated carbocycles. The fourth-order valence-corrected chi connectivity index (χ4v) is 4.42. The van der Waals surface area contributed by atoms with Crippen molar-refractivity contribution < 1.29 is 9.69 Å². The molecule has 5 nitrogen and oxygen atoms in total. The summed E-state index contributed by atoms with van der Waals surface area (Å²) in [6.45, 7) is 6.17. The van der Waals surface area contributed by atoms with E-state index >= 15 is 0 Å². The predicted molar refractivity (Wildman–Crippen MR) is 114 cm³/mol. The Morgan fingerprint density at radius 2 is 2.04 bits per heavy atom. The molecule has 2 N–H and O–H groups in total. The first-order valence-electron chi connectivity index (χ1n) is 8.56. The molecule has 2 aromatic rings. The number of thiazole rings is 1. The quantitative estimate of drug-likeness (QED) is 0.759. The van der Waals surface area contributed by atoms with Gasteiger partial charge in [0.2, 0.25) is 5.91 Å². The fraction of sp³-hybridized carbons (Fsp3) is 0.389. The lowest BCUT2D eigenvalue weighted by molar-refractivity contribution is -0.883. The second-order valence-corrected chi connectivity index (χ2v) is 8.92. The third-order valence-electron chi connectivity index (χ3n) is 4.30. The zero-order chi connectivity index (χ0) is 18.5. The highest BCUT2D eigenvalue weighted by Crippen LogP contribution is 2.25. The van der Waals surface area contributed by atoms with Crippen molar-refractivity contribution in [2.75, 3.05) is 44.3 Å². The van der Waals surface area contributed by atoms with Crippen LogP contribution in [0, 0.1) is 6.92 Å². The number of quaternary nitrogens is 1. The number of anilines is 1. The molecule has 1 aromatic heterocycles. The van der Waals surface area contributed by atoms with Crippen LogP contribution in [0.25, 0.3) is 11.3 Å². The van der Waals surface area contributed by atoms with E-state index < -0.39 is 0 Å². The van der Waals surface area contributed by atoms with Gasteiger partial charge in [-0.1, -0.05) is 53.8 Å². The maximum absolute atomic E-state index is 12.2. The van der Waals surface area contributed by atoms with Crippen LogP contribution in [0.3, 0.4) is 0 Å². The Balaban J connectivity index is 1.48. The van der Waals surface area contributed by atoms with E-state index in [1.807, 2.05) is 17.5 Å². The Morgan fingerprint density at radius 1 is 1.35 bits per heavy atom. The maximum atomic E-state index is 12.2. The third kappa shape index (κ3) is 5.26. The molecule has 26 heavy (non-hydrogen) atoms. The first-order chi connectivity index (χ1) is 12.5. The largest absolute Gasteiger partial charge is 0.346 e. The van der Waals surface area contributed by atoms with Gasteiger partial charge in [-0.15, -0.1) is 11.3 Å². The molecule has 3 rings (SSSR count). The van der Waals surface area contributed by atoms with Crippen LogP contribution in [-0.2, 0) is 4.79 Å². The smallest absolute Gasteiger partial charge is 0.236 e. The van der Waals surface area contributed by atoms with E-state index in [0.29, 0.717) is 10.9 Å². The summed E-state index contributed by atoms with van der Waals surface area (Å²) >= 11 is 8.33. The Morgan fingerprint density at radius 3 is 2.73 bits per heavy atom. The molecule has 0 unspecified atom stereocenters. The number of aryl methyl sites for hydroxylation is 1. The van der Waals surface area contributed by atoms with Crippen LogP contribution in [0.15, 0.2) is 29.6 Å². The molecule has 0 aliphatic carbocycles. The van der Waals surface area contributed by atoms with E-state index in [-0.39, 0.29) is 5.91 Å². The number of thioether (sulfide) groups is 1. The molecule has 138 valence electrons. The van der Waals surface area contributed by atoms with Gasteiger partial charge in [0.05, 0.1) is 44.7 Å². The lowest BCUT2D eigenvalue weighted by atomic mass is 10.1. The number of carbonyl (C=O) groups is 1. The summed E-state index contributed by atoms with van der Waals surface area (Å²) in [6.07, 6.45) is 0. The van der Waals surface area contributed by atoms with Crippen LogP contribution in [0.5, 0.6) is 0 Å². The first kappa shape index (κ1) is 19.3. The molecule has 1 aliphatic rings. The number of piperazine rings is 1. The molecule has 0 spiro atoms. The fourth-order valence-electron chi connectivity index (χ4n) is 2.63. The number of amides is 1. The molecule has 0 bridgehead atoms. The van der Waals surface area contributed by atoms with E-state index in [1.54, 1.807) is 0 Å². The van der Waals surface area contributed by atoms with Crippen molar-refractivity contribution in [3.05, 3.63) is 35.2 Å². The summed E-state index contributed by atoms with van der Waals surface area (Å²) in [7, 11) is 2.19. The number of aromatic nitrogens is 1. The zero-order valence-corrected chi connectivity index (χ0v) is 17.4. The van der Waals surface area contributed by atoms with Crippen molar-refractivity contribution in [2.45, 2.75) is 6.92 Å². The van der Waals surface area contributed by atoms with Crippen molar-refractivity contribution in [1.29, 1.82) is 0 Å². The highest BCUT2D eigenvalue weighted by Gasteiger charge is 2.20. The van der Waals surface area contributed by atoms with Gasteiger partial charge < -0.3 is 15.1 Å². The number of likely N-dealkylation sites (N-methyl/N-ethyl adjacent to an activating group) is 1. The summed E-state index contributed by atoms with van der Waals surface area (Å²) in [6, 6.07) is 8.21. The van der Waals surface area contributed by atoms with Gasteiger partial charge >= 0.3 is 0 Å². The zero-order valence-electron chi connectivity index (χ0n) is 14.9. The number of thiocarbonyl (C=S) groups is 1. The highest BCUT2D eigenvalue weighted by atomic mass is 32.2. The van der Waals surface area contributed by atoms with Gasteiger partial charge in [0.15, 0.2) is 5.13 Å². The standard InChI is InChI=1S/C18H22N4OS3/c1-13-3-5-14(6-4-13)15-11-25-17(19-15)20-16(23)12-26-18(24)22-9-7-21(2)8-10-22/h3-6,11H,7-10,12H2,1-2H3,(H,19,20,23)/p+1. The minimum atomic E-state index is -0.0677. The third-order valence-corrected chi connectivity index (χ3v) is 6.58. The van der Waals surface area contributed by atoms with Crippen molar-refractivity contribution >= 4 is 50.7 Å². The number of nitrogens with zero attached hydrogens (tertiary/aromatic N) is 2. The van der Waals surface area contributed by atoms with Gasteiger partial charge in [0.1, 0.15) is 4.32 Å². The van der Waals surface area contributed by atoms with Gasteiger partial charge in [0, 0.05) is 10.9 Å². The predicted octanol–water partition coefficient (Wildman–Crippen LogP) is 1.91. The van der Waals surface area contributed by atoms with E-state index in [1.165, 1.54) is 33.6 Å². The van der Waals surface area contributed by atoms with Crippen LogP contribution in [0.4, 0.5) is 5.13 Å². The van der Waals surface area contributed by atoms with Crippen molar-refractivity contribution in [2.24, 2.45) is 0 Å². The van der Waals surface area contributed by atoms with Crippen LogP contribution in [0.2, 0.25) is 0 Å². The lowest BCUT2D eigenvalue weighted by Crippen LogP contribution is -3.12. The molecule has 1 aromatic carbocycles. The van der Waals surface area contributed by atoms with Crippen molar-refractivity contribution in [1.82, 2.24) is 9.88 Å². The summed E-state index contributed by atoms with van der Waals surface area (Å²) in [5.41, 5.74) is 3.15. The van der Waals surface area contributed by atoms with E-state index in [2.05, 4.69) is 41.3 Å². The molecular formula is C18H23N4OS3+. The molecule has 8 heteroatoms. The first-order valence-corrected chi connectivity index (χ1v) is 10.8. The summed E-state index contributed by atoms with van der Waals surface area (Å²) in [5.74, 6) is 0.249. The molecule has 1 aliphatic heterocycles. The second kappa shape index (κ2) is 8.94. The highest BCUT2D eigenvalue weighted by molar-refractivity contribution is 8.23. The Hall–Kier alpha value is -1.48. The van der Waals surface area contributed by atoms with Gasteiger partial charge in [-0.25, -0.2) is 4.98 Å². The van der Waals surface area contributed by atoms with Crippen LogP contribution >= 0.6 is 35.3 Å². The summed E-state index contributed by atoms with van der Waals surface area (Å²) in [4.78, 5) is 20.4. The maximum Gasteiger partial charge on any atom is 0.236 e. The molecule has 0 atom stereocenters. The molecular weight excluding hydrogens is 384 g/mol. The minimum Gasteiger partial charge on any atom is -0.346 e. The molecule has 1 amide bonds. The number of benzene rings is 1. The van der Waals surface area contributed by atoms with Gasteiger partial charge in [-0.2, -0.15) is 0 Å². The average molecular weight is 408 g/mol. The molecule has 1 saturated heterocycles. The molecule has 0 radical (unpaired) electrons. The van der Waals surface area contributed by atoms with Crippen molar-refractivity contribution in [3.8, 4) is 11.3 Å². The topological polar surface area (TPSA) is 49.7 Å². The summed E-state index contributed by atoms with van der Waals surface area (Å²) < 4.78 is 0.812. The van der Waals surface area contributed by atoms with Crippen LogP contribution in [0.1, 0.15) is 5.56 Å². The number of rotatable bonds is 4. The summed E-state index contributed by atoms with van der Waals surface area (Å²) in [5, 5.41) is 5.46. The average Bonchev–Trinajstić information content (AvgIpc) is 3.09. The Kier molecular flexibility index (Phi) is 6.63. The Bertz CT molecular complexity index is 767. The Labute approximate surface area is 167 Å². The van der Waals surface area contributed by atoms with E-state index in [4.69, 9.17) is 12.2 Å². The monoisotopic (exact) mass is 407 g/mol. The number of hydrogen-bond acceptors (Lipinski definition) is 5. The normalized spacial score (nSPS) is 15.1. The SMILES string of the molecule is Cc1ccc(-c2csc(NC(=O)CSC(=S)N3CC[NH+](C)CC3)n2)cc1. The van der Waals surface area contributed by atoms with Crippen LogP contribution in [-0.4, -0.2) is 59.1 Å². The van der Waals surface area contributed by atoms with Gasteiger partial charge in [-0.3, -0.25) is 4.79 Å². The number of carbonyl (C=O) groups excluding carboxylic acids is 1. The molecule has 1 fully saturated rings. The van der Waals surface area contributed by atoms with E-state index in [9.17, 15) is 4.79 Å². The van der Waals surface area contributed by atoms with Gasteiger partial charge in [-0.05, 0) is 6.92 Å². The number of nitrogens with one attached hydrogen (secondary N) is 2. The second-order valence-electron chi connectivity index (χ2n) is 6.45. The van der Waals surface area contributed by atoms with Crippen molar-refractivity contribution in [3.63, 3.8) is 0 Å². The van der Waals surface area contributed by atoms with E-state index in [0.717, 1.165) is 41.8 Å². The molecule has 2 heterocycles. The van der Waals surface area contributed by atoms with Crippen LogP contribution < -0.4 is 10.2 Å². The van der Waals surface area contributed by atoms with Gasteiger partial charge in [0.25, 0.3) is 0 Å².